The maximum atomic E-state index is 12.2. The van der Waals surface area contributed by atoms with Crippen molar-refractivity contribution in [2.75, 3.05) is 7.11 Å². The summed E-state index contributed by atoms with van der Waals surface area (Å²) in [6.07, 6.45) is -9.29. The molecule has 0 aromatic carbocycles. The molecular weight excluding hydrogens is 227 g/mol. The van der Waals surface area contributed by atoms with Gasteiger partial charge >= 0.3 is 24.4 Å². The highest BCUT2D eigenvalue weighted by atomic mass is 19.4. The number of ether oxygens (including phenoxy) is 2. The van der Waals surface area contributed by atoms with Crippen LogP contribution in [-0.2, 0) is 14.3 Å². The third-order valence-corrected chi connectivity index (χ3v) is 1.40. The van der Waals surface area contributed by atoms with E-state index in [1.165, 1.54) is 0 Å². The second kappa shape index (κ2) is 4.56. The van der Waals surface area contributed by atoms with Crippen molar-refractivity contribution in [3.8, 4) is 0 Å². The molecule has 1 unspecified atom stereocenters. The van der Waals surface area contributed by atoms with Crippen LogP contribution in [0.1, 0.15) is 0 Å². The molecule has 0 aromatic rings. The van der Waals surface area contributed by atoms with E-state index in [0.717, 1.165) is 0 Å². The zero-order chi connectivity index (χ0) is 12.3. The normalized spacial score (nSPS) is 15.9. The number of rotatable bonds is 4. The highest BCUT2D eigenvalue weighted by molar-refractivity contribution is 5.81. The quantitative estimate of drug-likeness (QED) is 0.322. The Hall–Kier alpha value is -1.18. The highest BCUT2D eigenvalue weighted by Gasteiger charge is 2.66. The van der Waals surface area contributed by atoms with E-state index in [1.807, 2.05) is 0 Å². The first-order chi connectivity index (χ1) is 6.71. The molecule has 0 saturated heterocycles. The second-order valence-corrected chi connectivity index (χ2v) is 2.30. The first kappa shape index (κ1) is 13.8. The average molecular weight is 234 g/mol. The number of carbonyl (C=O) groups is 1. The van der Waals surface area contributed by atoms with Crippen LogP contribution in [0, 0.1) is 0 Å². The summed E-state index contributed by atoms with van der Waals surface area (Å²) < 4.78 is 68.1. The summed E-state index contributed by atoms with van der Waals surface area (Å²) in [5.74, 6) is -5.91. The summed E-state index contributed by atoms with van der Waals surface area (Å²) in [5.41, 5.74) is 0. The molecule has 0 N–H and O–H groups in total. The summed E-state index contributed by atoms with van der Waals surface area (Å²) in [4.78, 5) is 10.5. The number of hydrogen-bond donors (Lipinski definition) is 0. The first-order valence-electron chi connectivity index (χ1n) is 3.46. The van der Waals surface area contributed by atoms with Crippen LogP contribution in [0.2, 0.25) is 0 Å². The van der Waals surface area contributed by atoms with E-state index >= 15 is 0 Å². The van der Waals surface area contributed by atoms with Crippen LogP contribution in [0.5, 0.6) is 0 Å². The molecule has 0 rings (SSSR count). The number of alkyl halides is 5. The summed E-state index contributed by atoms with van der Waals surface area (Å²) >= 11 is 0. The molecule has 0 aliphatic carbocycles. The largest absolute Gasteiger partial charge is 0.462 e. The highest BCUT2D eigenvalue weighted by Crippen LogP contribution is 2.39. The van der Waals surface area contributed by atoms with Gasteiger partial charge in [-0.1, -0.05) is 6.58 Å². The zero-order valence-electron chi connectivity index (χ0n) is 7.48. The number of esters is 1. The average Bonchev–Trinajstić information content (AvgIpc) is 2.11. The number of methoxy groups -OCH3 is 1. The molecular formula is C7H7F5O3. The van der Waals surface area contributed by atoms with Crippen molar-refractivity contribution in [3.05, 3.63) is 12.7 Å². The van der Waals surface area contributed by atoms with E-state index in [0.29, 0.717) is 13.2 Å². The molecule has 0 amide bonds. The van der Waals surface area contributed by atoms with Gasteiger partial charge in [0.05, 0.1) is 0 Å². The lowest BCUT2D eigenvalue weighted by molar-refractivity contribution is -0.393. The van der Waals surface area contributed by atoms with E-state index in [2.05, 4.69) is 16.1 Å². The molecule has 0 heterocycles. The van der Waals surface area contributed by atoms with Crippen LogP contribution in [0.25, 0.3) is 0 Å². The summed E-state index contributed by atoms with van der Waals surface area (Å²) in [6.45, 7) is 2.78. The van der Waals surface area contributed by atoms with Crippen LogP contribution in [-0.4, -0.2) is 31.5 Å². The molecule has 1 atom stereocenters. The van der Waals surface area contributed by atoms with Gasteiger partial charge in [-0.15, -0.1) is 0 Å². The van der Waals surface area contributed by atoms with Crippen molar-refractivity contribution in [3.63, 3.8) is 0 Å². The second-order valence-electron chi connectivity index (χ2n) is 2.30. The molecule has 0 radical (unpaired) electrons. The molecule has 0 aromatic heterocycles. The number of carbonyl (C=O) groups excluding carboxylic acids is 1. The fourth-order valence-corrected chi connectivity index (χ4v) is 0.664. The minimum Gasteiger partial charge on any atom is -0.415 e. The number of hydrogen-bond acceptors (Lipinski definition) is 3. The van der Waals surface area contributed by atoms with Crippen LogP contribution < -0.4 is 0 Å². The lowest BCUT2D eigenvalue weighted by Crippen LogP contribution is -2.56. The van der Waals surface area contributed by atoms with Crippen molar-refractivity contribution >= 4 is 5.97 Å². The third-order valence-electron chi connectivity index (χ3n) is 1.40. The Morgan fingerprint density at radius 2 is 1.87 bits per heavy atom. The van der Waals surface area contributed by atoms with Gasteiger partial charge in [-0.25, -0.2) is 13.6 Å². The fraction of sp³-hybridized carbons (Fsp3) is 0.571. The molecule has 0 bridgehead atoms. The molecule has 0 spiro atoms. The Bertz CT molecular complexity index is 250. The maximum absolute atomic E-state index is 12.2. The minimum atomic E-state index is -5.55. The zero-order valence-corrected chi connectivity index (χ0v) is 7.48. The fourth-order valence-electron chi connectivity index (χ4n) is 0.664. The topological polar surface area (TPSA) is 35.5 Å². The molecule has 15 heavy (non-hydrogen) atoms. The van der Waals surface area contributed by atoms with Crippen LogP contribution in [0.3, 0.4) is 0 Å². The molecule has 3 nitrogen and oxygen atoms in total. The molecule has 0 fully saturated rings. The number of halogens is 5. The van der Waals surface area contributed by atoms with Gasteiger partial charge in [0, 0.05) is 13.2 Å². The third kappa shape index (κ3) is 2.65. The lowest BCUT2D eigenvalue weighted by Gasteiger charge is -2.31. The Morgan fingerprint density at radius 3 is 2.07 bits per heavy atom. The summed E-state index contributed by atoms with van der Waals surface area (Å²) in [5, 5.41) is 0. The smallest absolute Gasteiger partial charge is 0.415 e. The van der Waals surface area contributed by atoms with Gasteiger partial charge in [-0.2, -0.15) is 13.2 Å². The van der Waals surface area contributed by atoms with Gasteiger partial charge in [0.2, 0.25) is 0 Å². The Morgan fingerprint density at radius 1 is 1.40 bits per heavy atom. The van der Waals surface area contributed by atoms with E-state index < -0.39 is 24.4 Å². The van der Waals surface area contributed by atoms with Crippen LogP contribution in [0.15, 0.2) is 12.7 Å². The van der Waals surface area contributed by atoms with Crippen LogP contribution >= 0.6 is 0 Å². The molecule has 8 heteroatoms. The summed E-state index contributed by atoms with van der Waals surface area (Å²) in [6, 6.07) is 0. The lowest BCUT2D eigenvalue weighted by atomic mass is 10.3. The first-order valence-corrected chi connectivity index (χ1v) is 3.46. The van der Waals surface area contributed by atoms with E-state index in [-0.39, 0.29) is 0 Å². The van der Waals surface area contributed by atoms with Crippen LogP contribution in [0.4, 0.5) is 22.0 Å². The molecule has 0 aliphatic heterocycles. The molecule has 88 valence electrons. The van der Waals surface area contributed by atoms with Gasteiger partial charge in [0.15, 0.2) is 0 Å². The van der Waals surface area contributed by atoms with Gasteiger partial charge in [-0.05, 0) is 0 Å². The maximum Gasteiger partial charge on any atom is 0.462 e. The summed E-state index contributed by atoms with van der Waals surface area (Å²) in [7, 11) is 0.357. The van der Waals surface area contributed by atoms with Gasteiger partial charge in [0.1, 0.15) is 0 Å². The molecule has 0 aliphatic rings. The van der Waals surface area contributed by atoms with Crippen molar-refractivity contribution < 1.29 is 36.2 Å². The minimum absolute atomic E-state index is 0.321. The predicted molar refractivity (Wildman–Crippen MR) is 38.1 cm³/mol. The Labute approximate surface area is 81.5 Å². The van der Waals surface area contributed by atoms with Crippen molar-refractivity contribution in [2.45, 2.75) is 18.4 Å². The van der Waals surface area contributed by atoms with E-state index in [1.54, 1.807) is 0 Å². The SMILES string of the molecule is C=CC(=O)OC(OC)(C(F)F)C(F)(F)F. The van der Waals surface area contributed by atoms with E-state index in [9.17, 15) is 26.7 Å². The standard InChI is InChI=1S/C7H7F5O3/c1-3-4(13)15-6(14-2,5(8)9)7(10,11)12/h3,5H,1H2,2H3. The van der Waals surface area contributed by atoms with E-state index in [4.69, 9.17) is 0 Å². The molecule has 0 saturated carbocycles. The van der Waals surface area contributed by atoms with Crippen molar-refractivity contribution in [2.24, 2.45) is 0 Å². The van der Waals surface area contributed by atoms with Crippen molar-refractivity contribution in [1.82, 2.24) is 0 Å². The van der Waals surface area contributed by atoms with Gasteiger partial charge in [0.25, 0.3) is 0 Å². The van der Waals surface area contributed by atoms with Gasteiger partial charge in [-0.3, -0.25) is 0 Å². The monoisotopic (exact) mass is 234 g/mol. The Kier molecular flexibility index (Phi) is 4.20. The Balaban J connectivity index is 5.17. The van der Waals surface area contributed by atoms with Gasteiger partial charge < -0.3 is 9.47 Å². The predicted octanol–water partition coefficient (Wildman–Crippen LogP) is 1.89. The van der Waals surface area contributed by atoms with Crippen molar-refractivity contribution in [1.29, 1.82) is 0 Å².